The molecule has 2 amide bonds. The lowest BCUT2D eigenvalue weighted by molar-refractivity contribution is -0.133. The highest BCUT2D eigenvalue weighted by molar-refractivity contribution is 5.99. The molecule has 6 heteroatoms. The van der Waals surface area contributed by atoms with E-state index in [1.54, 1.807) is 9.58 Å². The fourth-order valence-corrected chi connectivity index (χ4v) is 4.29. The summed E-state index contributed by atoms with van der Waals surface area (Å²) >= 11 is 0. The van der Waals surface area contributed by atoms with Crippen molar-refractivity contribution < 1.29 is 9.59 Å². The van der Waals surface area contributed by atoms with Crippen molar-refractivity contribution in [2.75, 3.05) is 0 Å². The molecule has 4 rings (SSSR count). The van der Waals surface area contributed by atoms with Crippen LogP contribution in [0.2, 0.25) is 0 Å². The van der Waals surface area contributed by atoms with Crippen LogP contribution in [0, 0.1) is 0 Å². The summed E-state index contributed by atoms with van der Waals surface area (Å²) in [5.41, 5.74) is 3.35. The second-order valence-corrected chi connectivity index (χ2v) is 10.3. The van der Waals surface area contributed by atoms with Crippen LogP contribution >= 0.6 is 0 Å². The van der Waals surface area contributed by atoms with Gasteiger partial charge in [0.1, 0.15) is 11.2 Å². The monoisotopic (exact) mass is 458 g/mol. The first-order chi connectivity index (χ1) is 16.1. The summed E-state index contributed by atoms with van der Waals surface area (Å²) in [5, 5.41) is 7.78. The third-order valence-corrected chi connectivity index (χ3v) is 6.62. The van der Waals surface area contributed by atoms with Crippen molar-refractivity contribution >= 4 is 11.8 Å². The third-order valence-electron chi connectivity index (χ3n) is 6.62. The Hall–Kier alpha value is -3.41. The third kappa shape index (κ3) is 4.63. The van der Waals surface area contributed by atoms with Crippen molar-refractivity contribution in [2.24, 2.45) is 0 Å². The summed E-state index contributed by atoms with van der Waals surface area (Å²) in [6.45, 7) is 11.2. The molecule has 2 aromatic carbocycles. The number of benzene rings is 2. The summed E-state index contributed by atoms with van der Waals surface area (Å²) in [5.74, 6) is -0.362. The summed E-state index contributed by atoms with van der Waals surface area (Å²) in [7, 11) is 0. The quantitative estimate of drug-likeness (QED) is 0.592. The van der Waals surface area contributed by atoms with Gasteiger partial charge in [0.25, 0.3) is 5.91 Å². The van der Waals surface area contributed by atoms with E-state index in [2.05, 4.69) is 45.1 Å². The average Bonchev–Trinajstić information content (AvgIpc) is 3.26. The minimum absolute atomic E-state index is 0.175. The maximum Gasteiger partial charge on any atom is 0.273 e. The fourth-order valence-electron chi connectivity index (χ4n) is 4.29. The Morgan fingerprint density at radius 2 is 1.68 bits per heavy atom. The largest absolute Gasteiger partial charge is 0.350 e. The first-order valence-corrected chi connectivity index (χ1v) is 11.9. The zero-order valence-electron chi connectivity index (χ0n) is 20.8. The molecular weight excluding hydrogens is 424 g/mol. The second-order valence-electron chi connectivity index (χ2n) is 10.3. The highest BCUT2D eigenvalue weighted by Crippen LogP contribution is 2.32. The van der Waals surface area contributed by atoms with Gasteiger partial charge in [0.2, 0.25) is 5.91 Å². The van der Waals surface area contributed by atoms with Crippen molar-refractivity contribution in [3.63, 3.8) is 0 Å². The van der Waals surface area contributed by atoms with Gasteiger partial charge >= 0.3 is 0 Å². The summed E-state index contributed by atoms with van der Waals surface area (Å²) < 4.78 is 1.71. The van der Waals surface area contributed by atoms with Gasteiger partial charge in [-0.3, -0.25) is 14.3 Å². The lowest BCUT2D eigenvalue weighted by Gasteiger charge is -2.43. The molecule has 1 atom stereocenters. The predicted molar refractivity (Wildman–Crippen MR) is 133 cm³/mol. The first-order valence-electron chi connectivity index (χ1n) is 11.9. The number of hydrogen-bond acceptors (Lipinski definition) is 3. The van der Waals surface area contributed by atoms with Crippen LogP contribution < -0.4 is 5.32 Å². The molecule has 178 valence electrons. The Morgan fingerprint density at radius 3 is 2.29 bits per heavy atom. The van der Waals surface area contributed by atoms with Crippen LogP contribution in [0.5, 0.6) is 0 Å². The number of nitrogens with one attached hydrogen (secondary N) is 1. The van der Waals surface area contributed by atoms with Gasteiger partial charge < -0.3 is 10.2 Å². The molecule has 0 radical (unpaired) electrons. The van der Waals surface area contributed by atoms with E-state index in [4.69, 9.17) is 5.10 Å². The standard InChI is InChI=1S/C28H34N4O2/c1-6-20-12-14-22(15-13-20)18-31-25(33)23-16-24(27(2,3)4)30-32(23)19-28(31,5)26(34)29-17-21-10-8-7-9-11-21/h7-16H,6,17-19H2,1-5H3,(H,29,34)/t28-/m1/s1. The maximum absolute atomic E-state index is 13.8. The fraction of sp³-hybridized carbons (Fsp3) is 0.393. The van der Waals surface area contributed by atoms with Gasteiger partial charge in [-0.1, -0.05) is 82.3 Å². The summed E-state index contributed by atoms with van der Waals surface area (Å²) in [6.07, 6.45) is 0.956. The van der Waals surface area contributed by atoms with Gasteiger partial charge in [-0.15, -0.1) is 0 Å². The zero-order valence-corrected chi connectivity index (χ0v) is 20.8. The molecule has 34 heavy (non-hydrogen) atoms. The van der Waals surface area contributed by atoms with Crippen LogP contribution in [0.4, 0.5) is 0 Å². The van der Waals surface area contributed by atoms with Crippen LogP contribution in [0.3, 0.4) is 0 Å². The second kappa shape index (κ2) is 9.09. The van der Waals surface area contributed by atoms with Crippen LogP contribution in [-0.4, -0.2) is 32.0 Å². The van der Waals surface area contributed by atoms with Crippen LogP contribution in [0.25, 0.3) is 0 Å². The van der Waals surface area contributed by atoms with Gasteiger partial charge in [-0.25, -0.2) is 0 Å². The Morgan fingerprint density at radius 1 is 1.03 bits per heavy atom. The highest BCUT2D eigenvalue weighted by atomic mass is 16.2. The zero-order chi connectivity index (χ0) is 24.5. The molecule has 0 saturated heterocycles. The molecule has 6 nitrogen and oxygen atoms in total. The topological polar surface area (TPSA) is 67.2 Å². The van der Waals surface area contributed by atoms with Gasteiger partial charge in [-0.05, 0) is 36.1 Å². The molecule has 0 saturated carbocycles. The number of nitrogens with zero attached hydrogens (tertiary/aromatic N) is 3. The molecule has 1 aliphatic heterocycles. The van der Waals surface area contributed by atoms with Crippen molar-refractivity contribution in [3.05, 3.63) is 88.7 Å². The van der Waals surface area contributed by atoms with E-state index in [9.17, 15) is 9.59 Å². The Labute approximate surface area is 202 Å². The van der Waals surface area contributed by atoms with E-state index < -0.39 is 5.54 Å². The van der Waals surface area contributed by atoms with E-state index >= 15 is 0 Å². The molecule has 1 aliphatic rings. The first kappa shape index (κ1) is 23.7. The van der Waals surface area contributed by atoms with E-state index in [0.29, 0.717) is 25.3 Å². The van der Waals surface area contributed by atoms with Crippen molar-refractivity contribution in [2.45, 2.75) is 71.6 Å². The number of hydrogen-bond donors (Lipinski definition) is 1. The molecule has 0 bridgehead atoms. The van der Waals surface area contributed by atoms with Gasteiger partial charge in [0.15, 0.2) is 0 Å². The number of carbonyl (C=O) groups is 2. The summed E-state index contributed by atoms with van der Waals surface area (Å²) in [6, 6.07) is 19.9. The van der Waals surface area contributed by atoms with Gasteiger partial charge in [-0.2, -0.15) is 5.10 Å². The highest BCUT2D eigenvalue weighted by Gasteiger charge is 2.48. The Bertz CT molecular complexity index is 1180. The molecule has 2 heterocycles. The number of carbonyl (C=O) groups excluding carboxylic acids is 2. The smallest absolute Gasteiger partial charge is 0.273 e. The molecule has 0 spiro atoms. The van der Waals surface area contributed by atoms with Gasteiger partial charge in [0.05, 0.1) is 12.2 Å². The summed E-state index contributed by atoms with van der Waals surface area (Å²) in [4.78, 5) is 29.1. The molecular formula is C28H34N4O2. The van der Waals surface area contributed by atoms with E-state index in [1.807, 2.05) is 55.5 Å². The average molecular weight is 459 g/mol. The normalized spacial score (nSPS) is 18.0. The minimum atomic E-state index is -1.08. The molecule has 3 aromatic rings. The van der Waals surface area contributed by atoms with Crippen molar-refractivity contribution in [1.82, 2.24) is 20.0 Å². The molecule has 0 unspecified atom stereocenters. The van der Waals surface area contributed by atoms with E-state index in [0.717, 1.165) is 23.2 Å². The van der Waals surface area contributed by atoms with E-state index in [-0.39, 0.29) is 17.2 Å². The maximum atomic E-state index is 13.8. The lowest BCUT2D eigenvalue weighted by Crippen LogP contribution is -2.63. The molecule has 1 aromatic heterocycles. The Balaban J connectivity index is 1.68. The molecule has 0 fully saturated rings. The molecule has 0 aliphatic carbocycles. The number of aromatic nitrogens is 2. The molecule has 1 N–H and O–H groups in total. The number of aryl methyl sites for hydroxylation is 1. The predicted octanol–water partition coefficient (Wildman–Crippen LogP) is 4.47. The van der Waals surface area contributed by atoms with Gasteiger partial charge in [0, 0.05) is 18.5 Å². The van der Waals surface area contributed by atoms with E-state index in [1.165, 1.54) is 5.56 Å². The number of fused-ring (bicyclic) bond motifs is 1. The number of rotatable bonds is 6. The van der Waals surface area contributed by atoms with Crippen LogP contribution in [-0.2, 0) is 36.3 Å². The Kier molecular flexibility index (Phi) is 6.34. The minimum Gasteiger partial charge on any atom is -0.350 e. The lowest BCUT2D eigenvalue weighted by atomic mass is 9.91. The van der Waals surface area contributed by atoms with Crippen molar-refractivity contribution in [1.29, 1.82) is 0 Å². The van der Waals surface area contributed by atoms with Crippen LogP contribution in [0.1, 0.15) is 67.5 Å². The number of amides is 2. The van der Waals surface area contributed by atoms with Crippen molar-refractivity contribution in [3.8, 4) is 0 Å². The SMILES string of the molecule is CCc1ccc(CN2C(=O)c3cc(C(C)(C)C)nn3C[C@]2(C)C(=O)NCc2ccccc2)cc1. The van der Waals surface area contributed by atoms with Crippen LogP contribution in [0.15, 0.2) is 60.7 Å².